The lowest BCUT2D eigenvalue weighted by molar-refractivity contribution is -0.129. The van der Waals surface area contributed by atoms with Gasteiger partial charge in [0.2, 0.25) is 0 Å². The van der Waals surface area contributed by atoms with Crippen molar-refractivity contribution in [3.8, 4) is 5.75 Å². The summed E-state index contributed by atoms with van der Waals surface area (Å²) in [6, 6.07) is 5.65. The zero-order valence-corrected chi connectivity index (χ0v) is 11.3. The zero-order chi connectivity index (χ0) is 13.8. The van der Waals surface area contributed by atoms with Crippen LogP contribution in [0.1, 0.15) is 34.1 Å². The molecule has 0 radical (unpaired) electrons. The fraction of sp³-hybridized carbons (Fsp3) is 0.500. The number of amides is 1. The molecule has 0 bridgehead atoms. The van der Waals surface area contributed by atoms with E-state index < -0.39 is 6.10 Å². The Labute approximate surface area is 107 Å². The maximum atomic E-state index is 12.8. The molecule has 18 heavy (non-hydrogen) atoms. The van der Waals surface area contributed by atoms with Crippen LogP contribution in [0.5, 0.6) is 5.75 Å². The standard InChI is InChI=1S/C14H20FNO2/c1-5-12(13(17)16-14(2,3)4)18-11-8-6-10(15)7-9-11/h6-9,12H,5H2,1-4H3,(H,16,17)/t12-/m0/s1. The van der Waals surface area contributed by atoms with Gasteiger partial charge in [-0.2, -0.15) is 0 Å². The van der Waals surface area contributed by atoms with Crippen LogP contribution >= 0.6 is 0 Å². The van der Waals surface area contributed by atoms with Crippen molar-refractivity contribution in [3.05, 3.63) is 30.1 Å². The minimum absolute atomic E-state index is 0.158. The summed E-state index contributed by atoms with van der Waals surface area (Å²) in [6.45, 7) is 7.61. The van der Waals surface area contributed by atoms with Crippen molar-refractivity contribution in [1.82, 2.24) is 5.32 Å². The molecular formula is C14H20FNO2. The minimum atomic E-state index is -0.560. The lowest BCUT2D eigenvalue weighted by Crippen LogP contribution is -2.47. The molecule has 3 nitrogen and oxygen atoms in total. The van der Waals surface area contributed by atoms with Gasteiger partial charge in [0, 0.05) is 5.54 Å². The second-order valence-corrected chi connectivity index (χ2v) is 5.21. The summed E-state index contributed by atoms with van der Waals surface area (Å²) < 4.78 is 18.3. The molecule has 1 atom stereocenters. The number of hydrogen-bond acceptors (Lipinski definition) is 2. The van der Waals surface area contributed by atoms with Gasteiger partial charge in [-0.3, -0.25) is 4.79 Å². The fourth-order valence-corrected chi connectivity index (χ4v) is 1.45. The predicted octanol–water partition coefficient (Wildman–Crippen LogP) is 2.90. The Morgan fingerprint density at radius 1 is 1.33 bits per heavy atom. The molecule has 0 aromatic heterocycles. The molecule has 1 rings (SSSR count). The van der Waals surface area contributed by atoms with Gasteiger partial charge in [0.05, 0.1) is 0 Å². The van der Waals surface area contributed by atoms with Gasteiger partial charge in [-0.1, -0.05) is 6.92 Å². The highest BCUT2D eigenvalue weighted by Crippen LogP contribution is 2.15. The number of halogens is 1. The van der Waals surface area contributed by atoms with E-state index in [0.29, 0.717) is 12.2 Å². The first kappa shape index (κ1) is 14.5. The monoisotopic (exact) mass is 253 g/mol. The average Bonchev–Trinajstić information content (AvgIpc) is 2.25. The first-order valence-electron chi connectivity index (χ1n) is 6.06. The third-order valence-electron chi connectivity index (χ3n) is 2.25. The Hall–Kier alpha value is -1.58. The second-order valence-electron chi connectivity index (χ2n) is 5.21. The van der Waals surface area contributed by atoms with Crippen molar-refractivity contribution >= 4 is 5.91 Å². The second kappa shape index (κ2) is 5.85. The van der Waals surface area contributed by atoms with E-state index in [1.807, 2.05) is 27.7 Å². The van der Waals surface area contributed by atoms with Crippen molar-refractivity contribution in [2.45, 2.75) is 45.8 Å². The number of rotatable bonds is 4. The Bertz CT molecular complexity index is 395. The molecule has 0 aliphatic rings. The molecule has 0 fully saturated rings. The van der Waals surface area contributed by atoms with Crippen molar-refractivity contribution in [2.75, 3.05) is 0 Å². The van der Waals surface area contributed by atoms with Gasteiger partial charge in [0.15, 0.2) is 6.10 Å². The van der Waals surface area contributed by atoms with Crippen LogP contribution in [0.2, 0.25) is 0 Å². The zero-order valence-electron chi connectivity index (χ0n) is 11.3. The van der Waals surface area contributed by atoms with Crippen molar-refractivity contribution in [2.24, 2.45) is 0 Å². The van der Waals surface area contributed by atoms with Crippen LogP contribution in [-0.4, -0.2) is 17.6 Å². The van der Waals surface area contributed by atoms with Crippen LogP contribution in [0.15, 0.2) is 24.3 Å². The van der Waals surface area contributed by atoms with Gasteiger partial charge < -0.3 is 10.1 Å². The average molecular weight is 253 g/mol. The smallest absolute Gasteiger partial charge is 0.261 e. The van der Waals surface area contributed by atoms with Gasteiger partial charge in [-0.15, -0.1) is 0 Å². The van der Waals surface area contributed by atoms with Gasteiger partial charge in [0.1, 0.15) is 11.6 Å². The van der Waals surface area contributed by atoms with E-state index in [1.54, 1.807) is 0 Å². The number of nitrogens with one attached hydrogen (secondary N) is 1. The summed E-state index contributed by atoms with van der Waals surface area (Å²) in [6.07, 6.45) is -0.00562. The molecule has 4 heteroatoms. The predicted molar refractivity (Wildman–Crippen MR) is 69.0 cm³/mol. The van der Waals surface area contributed by atoms with Gasteiger partial charge >= 0.3 is 0 Å². The van der Waals surface area contributed by atoms with Gasteiger partial charge in [0.25, 0.3) is 5.91 Å². The topological polar surface area (TPSA) is 38.3 Å². The van der Waals surface area contributed by atoms with Crippen LogP contribution in [0.4, 0.5) is 4.39 Å². The third kappa shape index (κ3) is 4.73. The molecule has 1 N–H and O–H groups in total. The minimum Gasteiger partial charge on any atom is -0.481 e. The largest absolute Gasteiger partial charge is 0.481 e. The number of hydrogen-bond donors (Lipinski definition) is 1. The highest BCUT2D eigenvalue weighted by atomic mass is 19.1. The summed E-state index contributed by atoms with van der Waals surface area (Å²) in [5.41, 5.74) is -0.295. The molecule has 0 aliphatic heterocycles. The lowest BCUT2D eigenvalue weighted by Gasteiger charge is -2.24. The Kier molecular flexibility index (Phi) is 4.70. The highest BCUT2D eigenvalue weighted by Gasteiger charge is 2.22. The van der Waals surface area contributed by atoms with Gasteiger partial charge in [-0.25, -0.2) is 4.39 Å². The number of ether oxygens (including phenoxy) is 1. The Balaban J connectivity index is 2.67. The van der Waals surface area contributed by atoms with E-state index in [0.717, 1.165) is 0 Å². The van der Waals surface area contributed by atoms with Crippen molar-refractivity contribution in [1.29, 1.82) is 0 Å². The molecule has 0 unspecified atom stereocenters. The van der Waals surface area contributed by atoms with Crippen LogP contribution < -0.4 is 10.1 Å². The first-order valence-corrected chi connectivity index (χ1v) is 6.06. The lowest BCUT2D eigenvalue weighted by atomic mass is 10.1. The summed E-state index contributed by atoms with van der Waals surface area (Å²) in [4.78, 5) is 12.0. The van der Waals surface area contributed by atoms with E-state index in [-0.39, 0.29) is 17.3 Å². The van der Waals surface area contributed by atoms with E-state index in [2.05, 4.69) is 5.32 Å². The summed E-state index contributed by atoms with van der Waals surface area (Å²) >= 11 is 0. The normalized spacial score (nSPS) is 12.9. The molecule has 1 aromatic rings. The molecule has 0 spiro atoms. The molecule has 0 saturated heterocycles. The van der Waals surface area contributed by atoms with E-state index in [1.165, 1.54) is 24.3 Å². The van der Waals surface area contributed by atoms with Crippen LogP contribution in [0, 0.1) is 5.82 Å². The maximum absolute atomic E-state index is 12.8. The fourth-order valence-electron chi connectivity index (χ4n) is 1.45. The molecule has 0 aliphatic carbocycles. The number of carbonyl (C=O) groups excluding carboxylic acids is 1. The van der Waals surface area contributed by atoms with E-state index in [9.17, 15) is 9.18 Å². The van der Waals surface area contributed by atoms with Crippen molar-refractivity contribution < 1.29 is 13.9 Å². The summed E-state index contributed by atoms with van der Waals surface area (Å²) in [5.74, 6) is 0.0103. The molecule has 0 saturated carbocycles. The van der Waals surface area contributed by atoms with Crippen LogP contribution in [0.3, 0.4) is 0 Å². The Morgan fingerprint density at radius 3 is 2.33 bits per heavy atom. The number of carbonyl (C=O) groups is 1. The summed E-state index contributed by atoms with van der Waals surface area (Å²) in [7, 11) is 0. The maximum Gasteiger partial charge on any atom is 0.261 e. The third-order valence-corrected chi connectivity index (χ3v) is 2.25. The van der Waals surface area contributed by atoms with Crippen LogP contribution in [0.25, 0.3) is 0 Å². The molecule has 1 aromatic carbocycles. The Morgan fingerprint density at radius 2 is 1.89 bits per heavy atom. The van der Waals surface area contributed by atoms with Crippen molar-refractivity contribution in [3.63, 3.8) is 0 Å². The molecule has 100 valence electrons. The van der Waals surface area contributed by atoms with Gasteiger partial charge in [-0.05, 0) is 51.5 Å². The highest BCUT2D eigenvalue weighted by molar-refractivity contribution is 5.81. The summed E-state index contributed by atoms with van der Waals surface area (Å²) in [5, 5.41) is 2.86. The quantitative estimate of drug-likeness (QED) is 0.896. The molecule has 1 amide bonds. The van der Waals surface area contributed by atoms with E-state index in [4.69, 9.17) is 4.74 Å². The molecular weight excluding hydrogens is 233 g/mol. The number of benzene rings is 1. The van der Waals surface area contributed by atoms with Crippen LogP contribution in [-0.2, 0) is 4.79 Å². The first-order chi connectivity index (χ1) is 8.31. The van der Waals surface area contributed by atoms with E-state index >= 15 is 0 Å². The SMILES string of the molecule is CC[C@H](Oc1ccc(F)cc1)C(=O)NC(C)(C)C. The molecule has 0 heterocycles.